The lowest BCUT2D eigenvalue weighted by molar-refractivity contribution is 0.296. The second kappa shape index (κ2) is 10.3. The van der Waals surface area contributed by atoms with Gasteiger partial charge < -0.3 is 15.4 Å². The zero-order valence-corrected chi connectivity index (χ0v) is 17.1. The monoisotopic (exact) mass is 386 g/mol. The Morgan fingerprint density at radius 2 is 2.11 bits per heavy atom. The molecule has 0 saturated heterocycles. The van der Waals surface area contributed by atoms with Crippen molar-refractivity contribution in [1.82, 2.24) is 15.6 Å². The summed E-state index contributed by atoms with van der Waals surface area (Å²) in [6, 6.07) is 8.24. The lowest BCUT2D eigenvalue weighted by atomic mass is 10.2. The van der Waals surface area contributed by atoms with Crippen LogP contribution < -0.4 is 15.4 Å². The normalized spacial score (nSPS) is 14.2. The van der Waals surface area contributed by atoms with Crippen LogP contribution in [0.15, 0.2) is 34.6 Å². The molecule has 146 valence electrons. The first kappa shape index (κ1) is 19.7. The van der Waals surface area contributed by atoms with Gasteiger partial charge in [0.1, 0.15) is 5.75 Å². The minimum atomic E-state index is 0.707. The summed E-state index contributed by atoms with van der Waals surface area (Å²) in [5.41, 5.74) is 2.29. The van der Waals surface area contributed by atoms with E-state index < -0.39 is 0 Å². The Hall–Kier alpha value is -2.08. The number of aromatic nitrogens is 1. The zero-order chi connectivity index (χ0) is 18.9. The van der Waals surface area contributed by atoms with E-state index in [-0.39, 0.29) is 0 Å². The molecule has 1 aliphatic rings. The molecule has 0 unspecified atom stereocenters. The summed E-state index contributed by atoms with van der Waals surface area (Å²) in [5, 5.41) is 10.1. The maximum Gasteiger partial charge on any atom is 0.191 e. The lowest BCUT2D eigenvalue weighted by Crippen LogP contribution is -2.37. The molecule has 0 atom stereocenters. The van der Waals surface area contributed by atoms with Gasteiger partial charge in [-0.2, -0.15) is 0 Å². The third-order valence-electron chi connectivity index (χ3n) is 4.59. The standard InChI is InChI=1S/C21H30N4OS/c1-16-15-27-20(25-16)9-5-6-12-23-21(22-2)24-13-18-7-3-4-8-19(18)26-14-17-10-11-17/h3-4,7-8,15,17H,5-6,9-14H2,1-2H3,(H2,22,23,24). The molecule has 2 aromatic rings. The lowest BCUT2D eigenvalue weighted by Gasteiger charge is -2.14. The van der Waals surface area contributed by atoms with Crippen molar-refractivity contribution in [2.24, 2.45) is 10.9 Å². The highest BCUT2D eigenvalue weighted by molar-refractivity contribution is 7.09. The molecule has 1 heterocycles. The maximum absolute atomic E-state index is 5.98. The zero-order valence-electron chi connectivity index (χ0n) is 16.3. The van der Waals surface area contributed by atoms with E-state index in [9.17, 15) is 0 Å². The molecule has 1 saturated carbocycles. The van der Waals surface area contributed by atoms with Crippen LogP contribution in [0.3, 0.4) is 0 Å². The smallest absolute Gasteiger partial charge is 0.191 e. The number of thiazole rings is 1. The van der Waals surface area contributed by atoms with E-state index in [0.29, 0.717) is 6.54 Å². The first-order valence-electron chi connectivity index (χ1n) is 9.81. The highest BCUT2D eigenvalue weighted by Crippen LogP contribution is 2.30. The van der Waals surface area contributed by atoms with Crippen LogP contribution in [0, 0.1) is 12.8 Å². The molecule has 1 aliphatic carbocycles. The number of nitrogens with one attached hydrogen (secondary N) is 2. The molecular weight excluding hydrogens is 356 g/mol. The number of hydrogen-bond acceptors (Lipinski definition) is 4. The Morgan fingerprint density at radius 3 is 2.85 bits per heavy atom. The van der Waals surface area contributed by atoms with Gasteiger partial charge in [0.25, 0.3) is 0 Å². The molecule has 0 aliphatic heterocycles. The molecule has 27 heavy (non-hydrogen) atoms. The van der Waals surface area contributed by atoms with Gasteiger partial charge in [-0.25, -0.2) is 4.98 Å². The number of unbranched alkanes of at least 4 members (excludes halogenated alkanes) is 1. The Labute approximate surface area is 166 Å². The van der Waals surface area contributed by atoms with Gasteiger partial charge >= 0.3 is 0 Å². The number of hydrogen-bond donors (Lipinski definition) is 2. The van der Waals surface area contributed by atoms with Crippen LogP contribution in [0.4, 0.5) is 0 Å². The van der Waals surface area contributed by atoms with E-state index in [4.69, 9.17) is 4.74 Å². The van der Waals surface area contributed by atoms with E-state index in [0.717, 1.165) is 55.7 Å². The van der Waals surface area contributed by atoms with Crippen LogP contribution in [0.1, 0.15) is 41.9 Å². The van der Waals surface area contributed by atoms with Gasteiger partial charge in [0.05, 0.1) is 11.6 Å². The molecule has 0 radical (unpaired) electrons. The van der Waals surface area contributed by atoms with Crippen molar-refractivity contribution in [2.75, 3.05) is 20.2 Å². The van der Waals surface area contributed by atoms with E-state index >= 15 is 0 Å². The molecule has 3 rings (SSSR count). The van der Waals surface area contributed by atoms with Crippen molar-refractivity contribution in [1.29, 1.82) is 0 Å². The molecule has 2 N–H and O–H groups in total. The minimum Gasteiger partial charge on any atom is -0.493 e. The summed E-state index contributed by atoms with van der Waals surface area (Å²) in [7, 11) is 1.81. The van der Waals surface area contributed by atoms with Crippen LogP contribution in [-0.2, 0) is 13.0 Å². The number of aliphatic imine (C=N–C) groups is 1. The van der Waals surface area contributed by atoms with Gasteiger partial charge in [0.2, 0.25) is 0 Å². The van der Waals surface area contributed by atoms with Crippen LogP contribution in [0.5, 0.6) is 5.75 Å². The summed E-state index contributed by atoms with van der Waals surface area (Å²) in [6.07, 6.45) is 5.89. The van der Waals surface area contributed by atoms with Gasteiger partial charge in [0.15, 0.2) is 5.96 Å². The first-order valence-corrected chi connectivity index (χ1v) is 10.7. The Bertz CT molecular complexity index is 739. The third-order valence-corrected chi connectivity index (χ3v) is 5.62. The van der Waals surface area contributed by atoms with Crippen LogP contribution in [-0.4, -0.2) is 31.1 Å². The quantitative estimate of drug-likeness (QED) is 0.369. The summed E-state index contributed by atoms with van der Waals surface area (Å²) < 4.78 is 5.98. The van der Waals surface area contributed by atoms with Crippen molar-refractivity contribution in [3.8, 4) is 5.75 Å². The summed E-state index contributed by atoms with van der Waals surface area (Å²) in [5.74, 6) is 2.57. The molecule has 6 heteroatoms. The summed E-state index contributed by atoms with van der Waals surface area (Å²) in [4.78, 5) is 8.83. The summed E-state index contributed by atoms with van der Waals surface area (Å²) >= 11 is 1.76. The van der Waals surface area contributed by atoms with E-state index in [2.05, 4.69) is 44.2 Å². The second-order valence-electron chi connectivity index (χ2n) is 7.05. The second-order valence-corrected chi connectivity index (χ2v) is 8.00. The highest BCUT2D eigenvalue weighted by atomic mass is 32.1. The minimum absolute atomic E-state index is 0.707. The van der Waals surface area contributed by atoms with Crippen molar-refractivity contribution in [3.05, 3.63) is 45.9 Å². The SMILES string of the molecule is CN=C(NCCCCc1nc(C)cs1)NCc1ccccc1OCC1CC1. The number of para-hydroxylation sites is 1. The predicted molar refractivity (Wildman–Crippen MR) is 113 cm³/mol. The van der Waals surface area contributed by atoms with E-state index in [1.165, 1.54) is 23.4 Å². The Morgan fingerprint density at radius 1 is 1.26 bits per heavy atom. The Kier molecular flexibility index (Phi) is 7.51. The van der Waals surface area contributed by atoms with E-state index in [1.807, 2.05) is 20.0 Å². The first-order chi connectivity index (χ1) is 13.2. The van der Waals surface area contributed by atoms with Gasteiger partial charge in [-0.3, -0.25) is 4.99 Å². The van der Waals surface area contributed by atoms with Crippen LogP contribution >= 0.6 is 11.3 Å². The number of aryl methyl sites for hydroxylation is 2. The van der Waals surface area contributed by atoms with E-state index in [1.54, 1.807) is 11.3 Å². The number of benzene rings is 1. The maximum atomic E-state index is 5.98. The van der Waals surface area contributed by atoms with Crippen molar-refractivity contribution in [3.63, 3.8) is 0 Å². The fraction of sp³-hybridized carbons (Fsp3) is 0.524. The van der Waals surface area contributed by atoms with Crippen LogP contribution in [0.2, 0.25) is 0 Å². The number of rotatable bonds is 10. The predicted octanol–water partition coefficient (Wildman–Crippen LogP) is 3.93. The molecule has 1 fully saturated rings. The van der Waals surface area contributed by atoms with Gasteiger partial charge in [-0.1, -0.05) is 18.2 Å². The number of guanidine groups is 1. The number of nitrogens with zero attached hydrogens (tertiary/aromatic N) is 2. The third kappa shape index (κ3) is 6.86. The largest absolute Gasteiger partial charge is 0.493 e. The molecule has 0 spiro atoms. The molecule has 5 nitrogen and oxygen atoms in total. The van der Waals surface area contributed by atoms with Gasteiger partial charge in [0, 0.05) is 36.8 Å². The van der Waals surface area contributed by atoms with Crippen molar-refractivity contribution < 1.29 is 4.74 Å². The van der Waals surface area contributed by atoms with Gasteiger partial charge in [-0.05, 0) is 51.0 Å². The van der Waals surface area contributed by atoms with Crippen molar-refractivity contribution >= 4 is 17.3 Å². The van der Waals surface area contributed by atoms with Gasteiger partial charge in [-0.15, -0.1) is 11.3 Å². The average molecular weight is 387 g/mol. The number of ether oxygens (including phenoxy) is 1. The summed E-state index contributed by atoms with van der Waals surface area (Å²) in [6.45, 7) is 4.50. The molecule has 0 amide bonds. The molecule has 1 aromatic carbocycles. The molecule has 0 bridgehead atoms. The molecular formula is C21H30N4OS. The Balaban J connectivity index is 1.36. The van der Waals surface area contributed by atoms with Crippen LogP contribution in [0.25, 0.3) is 0 Å². The topological polar surface area (TPSA) is 58.5 Å². The van der Waals surface area contributed by atoms with Crippen molar-refractivity contribution in [2.45, 2.75) is 45.6 Å². The fourth-order valence-corrected chi connectivity index (χ4v) is 3.63. The average Bonchev–Trinajstić information content (AvgIpc) is 3.43. The fourth-order valence-electron chi connectivity index (χ4n) is 2.81. The highest BCUT2D eigenvalue weighted by Gasteiger charge is 2.22. The molecule has 1 aromatic heterocycles.